The predicted molar refractivity (Wildman–Crippen MR) is 140 cm³/mol. The molecule has 0 saturated carbocycles. The number of ether oxygens (including phenoxy) is 1. The molecule has 9 nitrogen and oxygen atoms in total. The molecule has 2 aromatic carbocycles. The van der Waals surface area contributed by atoms with Gasteiger partial charge in [0.15, 0.2) is 0 Å². The number of aliphatic hydroxyl groups is 1. The number of para-hydroxylation sites is 1. The Bertz CT molecular complexity index is 1390. The second kappa shape index (κ2) is 10.5. The minimum absolute atomic E-state index is 0.00875. The van der Waals surface area contributed by atoms with E-state index in [1.807, 2.05) is 54.6 Å². The third-order valence-corrected chi connectivity index (χ3v) is 5.91. The molecule has 0 bridgehead atoms. The molecule has 3 N–H and O–H groups in total. The van der Waals surface area contributed by atoms with E-state index in [9.17, 15) is 9.90 Å². The summed E-state index contributed by atoms with van der Waals surface area (Å²) in [4.78, 5) is 27.6. The van der Waals surface area contributed by atoms with Gasteiger partial charge in [-0.2, -0.15) is 0 Å². The summed E-state index contributed by atoms with van der Waals surface area (Å²) >= 11 is 0. The fraction of sp³-hybridized carbons (Fsp3) is 0.185. The first-order chi connectivity index (χ1) is 17.6. The number of carbonyl (C=O) groups is 1. The summed E-state index contributed by atoms with van der Waals surface area (Å²) < 4.78 is 5.52. The quantitative estimate of drug-likeness (QED) is 0.342. The lowest BCUT2D eigenvalue weighted by Crippen LogP contribution is -2.44. The molecule has 1 amide bonds. The van der Waals surface area contributed by atoms with Crippen LogP contribution in [0.15, 0.2) is 79.6 Å². The van der Waals surface area contributed by atoms with Gasteiger partial charge in [0, 0.05) is 35.9 Å². The monoisotopic (exact) mass is 482 g/mol. The molecule has 2 aromatic heterocycles. The van der Waals surface area contributed by atoms with Gasteiger partial charge in [0.05, 0.1) is 36.7 Å². The Morgan fingerprint density at radius 1 is 1.14 bits per heavy atom. The van der Waals surface area contributed by atoms with Gasteiger partial charge in [-0.15, -0.1) is 0 Å². The van der Waals surface area contributed by atoms with Gasteiger partial charge in [0.1, 0.15) is 5.82 Å². The number of hydrogen-bond donors (Lipinski definition) is 3. The number of morpholine rings is 1. The zero-order valence-electron chi connectivity index (χ0n) is 19.6. The summed E-state index contributed by atoms with van der Waals surface area (Å²) in [5, 5.41) is 16.3. The third kappa shape index (κ3) is 5.17. The molecule has 5 rings (SSSR count). The highest BCUT2D eigenvalue weighted by Crippen LogP contribution is 2.30. The highest BCUT2D eigenvalue weighted by molar-refractivity contribution is 6.00. The second-order valence-electron chi connectivity index (χ2n) is 8.36. The summed E-state index contributed by atoms with van der Waals surface area (Å²) in [6.07, 6.45) is 4.56. The van der Waals surface area contributed by atoms with Crippen LogP contribution >= 0.6 is 0 Å². The molecule has 9 heteroatoms. The van der Waals surface area contributed by atoms with Crippen molar-refractivity contribution >= 4 is 40.0 Å². The molecule has 1 atom stereocenters. The molecule has 1 fully saturated rings. The fourth-order valence-electron chi connectivity index (χ4n) is 4.12. The maximum atomic E-state index is 11.7. The Kier molecular flexibility index (Phi) is 6.83. The van der Waals surface area contributed by atoms with E-state index in [0.717, 1.165) is 40.1 Å². The van der Waals surface area contributed by atoms with E-state index in [-0.39, 0.29) is 18.6 Å². The van der Waals surface area contributed by atoms with Crippen molar-refractivity contribution in [2.24, 2.45) is 0 Å². The van der Waals surface area contributed by atoms with Gasteiger partial charge in [-0.3, -0.25) is 4.79 Å². The third-order valence-electron chi connectivity index (χ3n) is 5.91. The molecule has 182 valence electrons. The number of fused-ring (bicyclic) bond motifs is 1. The van der Waals surface area contributed by atoms with Gasteiger partial charge in [0.25, 0.3) is 0 Å². The van der Waals surface area contributed by atoms with Gasteiger partial charge >= 0.3 is 0 Å². The predicted octanol–water partition coefficient (Wildman–Crippen LogP) is 3.76. The van der Waals surface area contributed by atoms with Crippen LogP contribution in [-0.4, -0.2) is 58.4 Å². The van der Waals surface area contributed by atoms with E-state index < -0.39 is 0 Å². The van der Waals surface area contributed by atoms with Gasteiger partial charge in [0.2, 0.25) is 11.9 Å². The van der Waals surface area contributed by atoms with Crippen LogP contribution in [0.2, 0.25) is 0 Å². The number of anilines is 4. The Morgan fingerprint density at radius 2 is 2.03 bits per heavy atom. The number of aromatic nitrogens is 3. The SMILES string of the molecule is C=CC(=O)Nc1cccc(-c2cccc3cnc(Nc4ccc(N5CCO[C@@H](CO)C5)nc4)nc23)c1. The molecule has 0 spiro atoms. The lowest BCUT2D eigenvalue weighted by atomic mass is 10.0. The Labute approximate surface area is 208 Å². The van der Waals surface area contributed by atoms with Crippen molar-refractivity contribution in [3.8, 4) is 11.1 Å². The average Bonchev–Trinajstić information content (AvgIpc) is 2.93. The molecule has 4 aromatic rings. The van der Waals surface area contributed by atoms with Crippen molar-refractivity contribution in [3.63, 3.8) is 0 Å². The van der Waals surface area contributed by atoms with Gasteiger partial charge < -0.3 is 25.4 Å². The van der Waals surface area contributed by atoms with Crippen molar-refractivity contribution in [2.45, 2.75) is 6.10 Å². The Hall–Kier alpha value is -4.34. The van der Waals surface area contributed by atoms with E-state index in [4.69, 9.17) is 9.72 Å². The minimum atomic E-state index is -0.264. The number of pyridine rings is 1. The van der Waals surface area contributed by atoms with Crippen LogP contribution in [0.25, 0.3) is 22.0 Å². The molecule has 1 aliphatic heterocycles. The average molecular weight is 483 g/mol. The van der Waals surface area contributed by atoms with E-state index in [1.165, 1.54) is 6.08 Å². The normalized spacial score (nSPS) is 15.5. The van der Waals surface area contributed by atoms with Crippen molar-refractivity contribution < 1.29 is 14.6 Å². The second-order valence-corrected chi connectivity index (χ2v) is 8.36. The molecule has 0 aliphatic carbocycles. The lowest BCUT2D eigenvalue weighted by Gasteiger charge is -2.32. The molecular weight excluding hydrogens is 456 g/mol. The standard InChI is InChI=1S/C27H26N6O3/c1-2-25(35)30-20-7-3-5-18(13-20)23-8-4-6-19-14-29-27(32-26(19)23)31-21-9-10-24(28-15-21)33-11-12-36-22(16-33)17-34/h2-10,13-15,22,34H,1,11-12,16-17H2,(H,30,35)(H,29,31,32)/t22-/m1/s1. The first kappa shape index (κ1) is 23.4. The number of carbonyl (C=O) groups excluding carboxylic acids is 1. The van der Waals surface area contributed by atoms with Crippen molar-refractivity contribution in [1.29, 1.82) is 0 Å². The zero-order valence-corrected chi connectivity index (χ0v) is 19.6. The number of amides is 1. The minimum Gasteiger partial charge on any atom is -0.394 e. The number of hydrogen-bond acceptors (Lipinski definition) is 8. The number of nitrogens with one attached hydrogen (secondary N) is 2. The molecule has 0 unspecified atom stereocenters. The van der Waals surface area contributed by atoms with E-state index in [1.54, 1.807) is 12.4 Å². The fourth-order valence-corrected chi connectivity index (χ4v) is 4.12. The van der Waals surface area contributed by atoms with Crippen LogP contribution in [0.1, 0.15) is 0 Å². The van der Waals surface area contributed by atoms with Gasteiger partial charge in [-0.05, 0) is 35.9 Å². The summed E-state index contributed by atoms with van der Waals surface area (Å²) in [6, 6.07) is 17.4. The van der Waals surface area contributed by atoms with E-state index >= 15 is 0 Å². The van der Waals surface area contributed by atoms with Crippen molar-refractivity contribution in [1.82, 2.24) is 15.0 Å². The highest BCUT2D eigenvalue weighted by atomic mass is 16.5. The molecule has 36 heavy (non-hydrogen) atoms. The maximum Gasteiger partial charge on any atom is 0.247 e. The number of rotatable bonds is 7. The first-order valence-electron chi connectivity index (χ1n) is 11.6. The van der Waals surface area contributed by atoms with Crippen LogP contribution < -0.4 is 15.5 Å². The van der Waals surface area contributed by atoms with Crippen LogP contribution in [0.3, 0.4) is 0 Å². The van der Waals surface area contributed by atoms with Crippen LogP contribution in [0.4, 0.5) is 23.1 Å². The first-order valence-corrected chi connectivity index (χ1v) is 11.6. The Balaban J connectivity index is 1.38. The number of nitrogens with zero attached hydrogens (tertiary/aromatic N) is 4. The Morgan fingerprint density at radius 3 is 2.83 bits per heavy atom. The lowest BCUT2D eigenvalue weighted by molar-refractivity contribution is -0.111. The van der Waals surface area contributed by atoms with Gasteiger partial charge in [-0.1, -0.05) is 36.9 Å². The molecular formula is C27H26N6O3. The molecule has 1 saturated heterocycles. The molecule has 1 aliphatic rings. The van der Waals surface area contributed by atoms with Crippen LogP contribution in [-0.2, 0) is 9.53 Å². The summed E-state index contributed by atoms with van der Waals surface area (Å²) in [6.45, 7) is 5.38. The number of aliphatic hydroxyl groups excluding tert-OH is 1. The largest absolute Gasteiger partial charge is 0.394 e. The number of benzene rings is 2. The van der Waals surface area contributed by atoms with Crippen molar-refractivity contribution in [3.05, 3.63) is 79.6 Å². The summed E-state index contributed by atoms with van der Waals surface area (Å²) in [5.74, 6) is 1.01. The zero-order chi connectivity index (χ0) is 24.9. The van der Waals surface area contributed by atoms with E-state index in [2.05, 4.69) is 32.1 Å². The van der Waals surface area contributed by atoms with Gasteiger partial charge in [-0.25, -0.2) is 15.0 Å². The van der Waals surface area contributed by atoms with E-state index in [0.29, 0.717) is 24.8 Å². The van der Waals surface area contributed by atoms with Crippen LogP contribution in [0.5, 0.6) is 0 Å². The van der Waals surface area contributed by atoms with Crippen LogP contribution in [0, 0.1) is 0 Å². The highest BCUT2D eigenvalue weighted by Gasteiger charge is 2.20. The van der Waals surface area contributed by atoms with Crippen molar-refractivity contribution in [2.75, 3.05) is 41.8 Å². The maximum absolute atomic E-state index is 11.7. The smallest absolute Gasteiger partial charge is 0.247 e. The molecule has 3 heterocycles. The summed E-state index contributed by atoms with van der Waals surface area (Å²) in [5.41, 5.74) is 4.07. The summed E-state index contributed by atoms with van der Waals surface area (Å²) in [7, 11) is 0. The molecule has 0 radical (unpaired) electrons. The topological polar surface area (TPSA) is 113 Å².